The van der Waals surface area contributed by atoms with Crippen LogP contribution in [0.5, 0.6) is 11.5 Å². The van der Waals surface area contributed by atoms with Crippen molar-refractivity contribution in [3.05, 3.63) is 47.7 Å². The highest BCUT2D eigenvalue weighted by atomic mass is 16.5. The van der Waals surface area contributed by atoms with E-state index in [1.54, 1.807) is 13.3 Å². The molecule has 0 bridgehead atoms. The van der Waals surface area contributed by atoms with E-state index in [1.165, 1.54) is 0 Å². The molecule has 0 unspecified atom stereocenters. The van der Waals surface area contributed by atoms with Crippen molar-refractivity contribution in [2.45, 2.75) is 32.7 Å². The highest BCUT2D eigenvalue weighted by molar-refractivity contribution is 5.94. The molecule has 6 nitrogen and oxygen atoms in total. The fraction of sp³-hybridized carbons (Fsp3) is 0.429. The minimum atomic E-state index is -0.131. The second kappa shape index (κ2) is 8.75. The third kappa shape index (κ3) is 4.32. The molecule has 3 rings (SSSR count). The van der Waals surface area contributed by atoms with Crippen LogP contribution in [0.4, 0.5) is 5.82 Å². The highest BCUT2D eigenvalue weighted by Crippen LogP contribution is 2.34. The molecule has 144 valence electrons. The standard InChI is InChI=1S/C21H27N3O3/c1-4-11-24(5-2)20-9-6-15(14-22-20)21(25)23-18-10-12-27-19-8-7-16(26-3)13-17(18)19/h6-9,13-14,18H,4-5,10-12H2,1-3H3,(H,23,25)/t18-/m0/s1. The molecule has 1 aliphatic heterocycles. The first-order valence-electron chi connectivity index (χ1n) is 9.48. The lowest BCUT2D eigenvalue weighted by molar-refractivity contribution is 0.0924. The Kier molecular flexibility index (Phi) is 6.16. The van der Waals surface area contributed by atoms with Crippen LogP contribution < -0.4 is 19.7 Å². The van der Waals surface area contributed by atoms with Gasteiger partial charge >= 0.3 is 0 Å². The minimum Gasteiger partial charge on any atom is -0.497 e. The van der Waals surface area contributed by atoms with E-state index in [0.29, 0.717) is 12.2 Å². The number of pyridine rings is 1. The number of carbonyl (C=O) groups is 1. The van der Waals surface area contributed by atoms with Crippen molar-refractivity contribution in [1.29, 1.82) is 0 Å². The Morgan fingerprint density at radius 3 is 2.85 bits per heavy atom. The largest absolute Gasteiger partial charge is 0.497 e. The Bertz CT molecular complexity index is 777. The van der Waals surface area contributed by atoms with Crippen molar-refractivity contribution in [3.8, 4) is 11.5 Å². The van der Waals surface area contributed by atoms with E-state index >= 15 is 0 Å². The first kappa shape index (κ1) is 19.0. The highest BCUT2D eigenvalue weighted by Gasteiger charge is 2.24. The average molecular weight is 369 g/mol. The molecule has 0 spiro atoms. The number of benzene rings is 1. The molecular weight excluding hydrogens is 342 g/mol. The smallest absolute Gasteiger partial charge is 0.253 e. The molecule has 1 atom stereocenters. The van der Waals surface area contributed by atoms with Crippen LogP contribution in [0.2, 0.25) is 0 Å². The van der Waals surface area contributed by atoms with Crippen LogP contribution in [0.3, 0.4) is 0 Å². The molecule has 0 fully saturated rings. The van der Waals surface area contributed by atoms with Gasteiger partial charge in [0.2, 0.25) is 0 Å². The summed E-state index contributed by atoms with van der Waals surface area (Å²) >= 11 is 0. The monoisotopic (exact) mass is 369 g/mol. The van der Waals surface area contributed by atoms with Gasteiger partial charge in [-0.05, 0) is 43.7 Å². The number of methoxy groups -OCH3 is 1. The lowest BCUT2D eigenvalue weighted by atomic mass is 10.00. The molecule has 0 radical (unpaired) electrons. The summed E-state index contributed by atoms with van der Waals surface area (Å²) in [6, 6.07) is 9.31. The number of anilines is 1. The van der Waals surface area contributed by atoms with Gasteiger partial charge in [0.05, 0.1) is 25.3 Å². The predicted octanol–water partition coefficient (Wildman–Crippen LogP) is 3.58. The first-order valence-corrected chi connectivity index (χ1v) is 9.48. The maximum atomic E-state index is 12.7. The number of nitrogens with zero attached hydrogens (tertiary/aromatic N) is 2. The van der Waals surface area contributed by atoms with Gasteiger partial charge in [0, 0.05) is 31.3 Å². The molecule has 0 aliphatic carbocycles. The topological polar surface area (TPSA) is 63.7 Å². The van der Waals surface area contributed by atoms with Gasteiger partial charge in [-0.1, -0.05) is 6.92 Å². The maximum absolute atomic E-state index is 12.7. The zero-order valence-corrected chi connectivity index (χ0v) is 16.2. The third-order valence-corrected chi connectivity index (χ3v) is 4.77. The summed E-state index contributed by atoms with van der Waals surface area (Å²) in [6.45, 7) is 6.67. The molecule has 1 aromatic heterocycles. The van der Waals surface area contributed by atoms with Crippen molar-refractivity contribution in [2.24, 2.45) is 0 Å². The second-order valence-electron chi connectivity index (χ2n) is 6.55. The SMILES string of the molecule is CCCN(CC)c1ccc(C(=O)N[C@H]2CCOc3ccc(OC)cc32)cn1. The Labute approximate surface area is 160 Å². The number of hydrogen-bond acceptors (Lipinski definition) is 5. The first-order chi connectivity index (χ1) is 13.2. The molecule has 27 heavy (non-hydrogen) atoms. The average Bonchev–Trinajstić information content (AvgIpc) is 2.72. The molecule has 1 amide bonds. The van der Waals surface area contributed by atoms with Crippen molar-refractivity contribution in [2.75, 3.05) is 31.7 Å². The van der Waals surface area contributed by atoms with Crippen LogP contribution in [0, 0.1) is 0 Å². The quantitative estimate of drug-likeness (QED) is 0.808. The van der Waals surface area contributed by atoms with E-state index in [0.717, 1.165) is 48.8 Å². The Balaban J connectivity index is 1.73. The maximum Gasteiger partial charge on any atom is 0.253 e. The number of nitrogens with one attached hydrogen (secondary N) is 1. The summed E-state index contributed by atoms with van der Waals surface area (Å²) < 4.78 is 11.0. The lowest BCUT2D eigenvalue weighted by Crippen LogP contribution is -2.32. The number of aromatic nitrogens is 1. The summed E-state index contributed by atoms with van der Waals surface area (Å²) in [7, 11) is 1.63. The van der Waals surface area contributed by atoms with E-state index in [4.69, 9.17) is 9.47 Å². The Hall–Kier alpha value is -2.76. The van der Waals surface area contributed by atoms with Gasteiger partial charge in [0.25, 0.3) is 5.91 Å². The van der Waals surface area contributed by atoms with Crippen LogP contribution >= 0.6 is 0 Å². The molecule has 2 aromatic rings. The summed E-state index contributed by atoms with van der Waals surface area (Å²) in [4.78, 5) is 19.4. The molecular formula is C21H27N3O3. The van der Waals surface area contributed by atoms with Crippen LogP contribution in [-0.2, 0) is 0 Å². The molecule has 0 saturated heterocycles. The van der Waals surface area contributed by atoms with E-state index < -0.39 is 0 Å². The summed E-state index contributed by atoms with van der Waals surface area (Å²) in [5.74, 6) is 2.31. The molecule has 1 aliphatic rings. The Morgan fingerprint density at radius 2 is 2.19 bits per heavy atom. The van der Waals surface area contributed by atoms with E-state index in [-0.39, 0.29) is 11.9 Å². The number of ether oxygens (including phenoxy) is 2. The van der Waals surface area contributed by atoms with Crippen molar-refractivity contribution in [1.82, 2.24) is 10.3 Å². The lowest BCUT2D eigenvalue weighted by Gasteiger charge is -2.27. The van der Waals surface area contributed by atoms with Crippen LogP contribution in [0.1, 0.15) is 48.7 Å². The van der Waals surface area contributed by atoms with Crippen molar-refractivity contribution < 1.29 is 14.3 Å². The van der Waals surface area contributed by atoms with Crippen LogP contribution in [0.15, 0.2) is 36.5 Å². The Morgan fingerprint density at radius 1 is 1.33 bits per heavy atom. The van der Waals surface area contributed by atoms with Gasteiger partial charge in [-0.2, -0.15) is 0 Å². The van der Waals surface area contributed by atoms with E-state index in [1.807, 2.05) is 30.3 Å². The molecule has 0 saturated carbocycles. The second-order valence-corrected chi connectivity index (χ2v) is 6.55. The molecule has 6 heteroatoms. The van der Waals surface area contributed by atoms with Gasteiger partial charge in [0.15, 0.2) is 0 Å². The number of fused-ring (bicyclic) bond motifs is 1. The van der Waals surface area contributed by atoms with Crippen LogP contribution in [0.25, 0.3) is 0 Å². The zero-order chi connectivity index (χ0) is 19.2. The van der Waals surface area contributed by atoms with Crippen LogP contribution in [-0.4, -0.2) is 37.7 Å². The number of hydrogen-bond donors (Lipinski definition) is 1. The van der Waals surface area contributed by atoms with Gasteiger partial charge in [-0.25, -0.2) is 4.98 Å². The molecule has 1 aromatic carbocycles. The van der Waals surface area contributed by atoms with Gasteiger partial charge in [-0.3, -0.25) is 4.79 Å². The van der Waals surface area contributed by atoms with Gasteiger partial charge in [-0.15, -0.1) is 0 Å². The predicted molar refractivity (Wildman–Crippen MR) is 106 cm³/mol. The van der Waals surface area contributed by atoms with Gasteiger partial charge in [0.1, 0.15) is 17.3 Å². The molecule has 2 heterocycles. The van der Waals surface area contributed by atoms with Gasteiger partial charge < -0.3 is 19.7 Å². The summed E-state index contributed by atoms with van der Waals surface area (Å²) in [5, 5.41) is 3.10. The number of rotatable bonds is 7. The van der Waals surface area contributed by atoms with E-state index in [2.05, 4.69) is 29.0 Å². The minimum absolute atomic E-state index is 0.108. The zero-order valence-electron chi connectivity index (χ0n) is 16.2. The summed E-state index contributed by atoms with van der Waals surface area (Å²) in [6.07, 6.45) is 3.43. The third-order valence-electron chi connectivity index (χ3n) is 4.77. The number of carbonyl (C=O) groups excluding carboxylic acids is 1. The molecule has 1 N–H and O–H groups in total. The summed E-state index contributed by atoms with van der Waals surface area (Å²) in [5.41, 5.74) is 1.50. The fourth-order valence-corrected chi connectivity index (χ4v) is 3.30. The number of amides is 1. The fourth-order valence-electron chi connectivity index (χ4n) is 3.30. The van der Waals surface area contributed by atoms with Crippen molar-refractivity contribution in [3.63, 3.8) is 0 Å². The van der Waals surface area contributed by atoms with E-state index in [9.17, 15) is 4.79 Å². The van der Waals surface area contributed by atoms with Crippen molar-refractivity contribution >= 4 is 11.7 Å². The normalized spacial score (nSPS) is 15.4.